The van der Waals surface area contributed by atoms with Gasteiger partial charge in [0.05, 0.1) is 4.92 Å². The van der Waals surface area contributed by atoms with E-state index in [1.54, 1.807) is 0 Å². The van der Waals surface area contributed by atoms with Gasteiger partial charge in [0.2, 0.25) is 0 Å². The van der Waals surface area contributed by atoms with Crippen LogP contribution in [0.5, 0.6) is 5.75 Å². The van der Waals surface area contributed by atoms with Crippen LogP contribution in [-0.4, -0.2) is 17.2 Å². The van der Waals surface area contributed by atoms with Crippen molar-refractivity contribution in [2.45, 2.75) is 31.8 Å². The van der Waals surface area contributed by atoms with Crippen molar-refractivity contribution in [3.05, 3.63) is 46.5 Å². The lowest BCUT2D eigenvalue weighted by Gasteiger charge is -2.32. The fourth-order valence-corrected chi connectivity index (χ4v) is 4.74. The number of allylic oxidation sites excluding steroid dienone is 1. The molecule has 1 aromatic rings. The van der Waals surface area contributed by atoms with Crippen molar-refractivity contribution in [3.8, 4) is 5.75 Å². The Morgan fingerprint density at radius 2 is 1.83 bits per heavy atom. The summed E-state index contributed by atoms with van der Waals surface area (Å²) in [4.78, 5) is 22.2. The van der Waals surface area contributed by atoms with Gasteiger partial charge in [-0.3, -0.25) is 10.1 Å². The number of ether oxygens (including phenoxy) is 2. The standard InChI is InChI=1S/C18H19NO5/c20-18(23-14-7-5-13(6-8-14)19(21)22)24-16-10-4-12-2-1-11-3-9-15(16)17(11)12/h4-8,10-12,15-17H,1-3,9H2/t11-,12+,15-,16-,17+/m1/s1. The van der Waals surface area contributed by atoms with E-state index in [4.69, 9.17) is 9.47 Å². The second-order valence-corrected chi connectivity index (χ2v) is 6.89. The Hall–Kier alpha value is -2.37. The molecule has 4 rings (SSSR count). The molecule has 3 aliphatic carbocycles. The van der Waals surface area contributed by atoms with E-state index in [0.717, 1.165) is 12.3 Å². The van der Waals surface area contributed by atoms with Crippen LogP contribution >= 0.6 is 0 Å². The molecule has 6 nitrogen and oxygen atoms in total. The van der Waals surface area contributed by atoms with Gasteiger partial charge in [-0.2, -0.15) is 0 Å². The normalized spacial score (nSPS) is 33.1. The van der Waals surface area contributed by atoms with Crippen molar-refractivity contribution in [3.63, 3.8) is 0 Å². The molecule has 2 fully saturated rings. The summed E-state index contributed by atoms with van der Waals surface area (Å²) >= 11 is 0. The first-order chi connectivity index (χ1) is 11.6. The lowest BCUT2D eigenvalue weighted by molar-refractivity contribution is -0.384. The van der Waals surface area contributed by atoms with E-state index in [-0.39, 0.29) is 17.5 Å². The lowest BCUT2D eigenvalue weighted by Crippen LogP contribution is -2.34. The topological polar surface area (TPSA) is 78.7 Å². The lowest BCUT2D eigenvalue weighted by atomic mass is 9.77. The van der Waals surface area contributed by atoms with E-state index >= 15 is 0 Å². The van der Waals surface area contributed by atoms with E-state index in [0.29, 0.717) is 17.8 Å². The van der Waals surface area contributed by atoms with Crippen LogP contribution in [0.4, 0.5) is 10.5 Å². The first-order valence-corrected chi connectivity index (χ1v) is 8.43. The highest BCUT2D eigenvalue weighted by Crippen LogP contribution is 2.54. The predicted octanol–water partition coefficient (Wildman–Crippen LogP) is 4.10. The number of non-ortho nitro benzene ring substituents is 1. The van der Waals surface area contributed by atoms with Crippen molar-refractivity contribution in [1.29, 1.82) is 0 Å². The summed E-state index contributed by atoms with van der Waals surface area (Å²) in [6.45, 7) is 0. The molecule has 0 spiro atoms. The number of benzene rings is 1. The summed E-state index contributed by atoms with van der Waals surface area (Å²) in [7, 11) is 0. The number of carbonyl (C=O) groups is 1. The molecule has 0 saturated heterocycles. The summed E-state index contributed by atoms with van der Waals surface area (Å²) in [5.74, 6) is 2.72. The maximum atomic E-state index is 12.1. The number of hydrogen-bond donors (Lipinski definition) is 0. The minimum Gasteiger partial charge on any atom is -0.426 e. The van der Waals surface area contributed by atoms with Gasteiger partial charge in [0.15, 0.2) is 0 Å². The quantitative estimate of drug-likeness (QED) is 0.274. The Morgan fingerprint density at radius 1 is 1.08 bits per heavy atom. The predicted molar refractivity (Wildman–Crippen MR) is 85.6 cm³/mol. The Kier molecular flexibility index (Phi) is 3.75. The van der Waals surface area contributed by atoms with Gasteiger partial charge in [-0.25, -0.2) is 4.79 Å². The van der Waals surface area contributed by atoms with E-state index in [2.05, 4.69) is 6.08 Å². The summed E-state index contributed by atoms with van der Waals surface area (Å²) in [6.07, 6.45) is 8.11. The fraction of sp³-hybridized carbons (Fsp3) is 0.500. The monoisotopic (exact) mass is 329 g/mol. The van der Waals surface area contributed by atoms with Crippen LogP contribution in [0.3, 0.4) is 0 Å². The van der Waals surface area contributed by atoms with Crippen molar-refractivity contribution >= 4 is 11.8 Å². The number of carbonyl (C=O) groups excluding carboxylic acids is 1. The van der Waals surface area contributed by atoms with Gasteiger partial charge in [-0.1, -0.05) is 6.08 Å². The van der Waals surface area contributed by atoms with Crippen molar-refractivity contribution in [2.24, 2.45) is 23.7 Å². The van der Waals surface area contributed by atoms with Gasteiger partial charge in [0.1, 0.15) is 11.9 Å². The van der Waals surface area contributed by atoms with Crippen LogP contribution in [0.15, 0.2) is 36.4 Å². The number of nitro groups is 1. The highest BCUT2D eigenvalue weighted by molar-refractivity contribution is 5.64. The van der Waals surface area contributed by atoms with Crippen LogP contribution in [0.2, 0.25) is 0 Å². The number of hydrogen-bond acceptors (Lipinski definition) is 5. The number of nitro benzene ring substituents is 1. The van der Waals surface area contributed by atoms with Crippen molar-refractivity contribution < 1.29 is 19.2 Å². The second kappa shape index (κ2) is 5.92. The highest BCUT2D eigenvalue weighted by Gasteiger charge is 2.49. The fourth-order valence-electron chi connectivity index (χ4n) is 4.74. The van der Waals surface area contributed by atoms with Gasteiger partial charge < -0.3 is 9.47 Å². The zero-order valence-electron chi connectivity index (χ0n) is 13.2. The molecule has 1 aromatic carbocycles. The summed E-state index contributed by atoms with van der Waals surface area (Å²) in [5.41, 5.74) is -0.0461. The van der Waals surface area contributed by atoms with E-state index in [9.17, 15) is 14.9 Å². The zero-order valence-corrected chi connectivity index (χ0v) is 13.2. The molecule has 0 radical (unpaired) electrons. The second-order valence-electron chi connectivity index (χ2n) is 6.89. The molecule has 2 saturated carbocycles. The number of nitrogens with zero attached hydrogens (tertiary/aromatic N) is 1. The van der Waals surface area contributed by atoms with E-state index < -0.39 is 11.1 Å². The van der Waals surface area contributed by atoms with Crippen LogP contribution in [0.25, 0.3) is 0 Å². The maximum Gasteiger partial charge on any atom is 0.514 e. The van der Waals surface area contributed by atoms with Gasteiger partial charge in [0, 0.05) is 18.1 Å². The van der Waals surface area contributed by atoms with Gasteiger partial charge in [-0.05, 0) is 61.6 Å². The van der Waals surface area contributed by atoms with Crippen LogP contribution < -0.4 is 4.74 Å². The molecule has 0 aromatic heterocycles. The molecule has 0 bridgehead atoms. The molecular formula is C18H19NO5. The molecule has 3 aliphatic rings. The Bertz CT molecular complexity index is 683. The zero-order chi connectivity index (χ0) is 16.7. The summed E-state index contributed by atoms with van der Waals surface area (Å²) in [6, 6.07) is 5.39. The molecule has 0 unspecified atom stereocenters. The third kappa shape index (κ3) is 2.66. The molecular weight excluding hydrogens is 310 g/mol. The molecule has 6 heteroatoms. The third-order valence-electron chi connectivity index (χ3n) is 5.73. The van der Waals surface area contributed by atoms with E-state index in [1.165, 1.54) is 43.5 Å². The Morgan fingerprint density at radius 3 is 2.58 bits per heavy atom. The number of rotatable bonds is 3. The SMILES string of the molecule is O=C(Oc1ccc([N+](=O)[O-])cc1)O[C@@H]1C=C[C@@H]2CC[C@@H]3CC[C@H]1[C@@H]32. The highest BCUT2D eigenvalue weighted by atomic mass is 16.7. The average Bonchev–Trinajstić information content (AvgIpc) is 3.16. The summed E-state index contributed by atoms with van der Waals surface area (Å²) in [5, 5.41) is 10.6. The molecule has 5 atom stereocenters. The minimum absolute atomic E-state index is 0.0461. The van der Waals surface area contributed by atoms with Crippen LogP contribution in [-0.2, 0) is 4.74 Å². The minimum atomic E-state index is -0.751. The van der Waals surface area contributed by atoms with Gasteiger partial charge >= 0.3 is 6.16 Å². The first kappa shape index (κ1) is 15.2. The van der Waals surface area contributed by atoms with Gasteiger partial charge in [0.25, 0.3) is 5.69 Å². The Labute approximate surface area is 139 Å². The first-order valence-electron chi connectivity index (χ1n) is 8.43. The molecule has 0 amide bonds. The molecule has 24 heavy (non-hydrogen) atoms. The van der Waals surface area contributed by atoms with E-state index in [1.807, 2.05) is 6.08 Å². The third-order valence-corrected chi connectivity index (χ3v) is 5.73. The van der Waals surface area contributed by atoms with Crippen LogP contribution in [0.1, 0.15) is 25.7 Å². The van der Waals surface area contributed by atoms with Crippen molar-refractivity contribution in [2.75, 3.05) is 0 Å². The molecule has 0 aliphatic heterocycles. The van der Waals surface area contributed by atoms with Gasteiger partial charge in [-0.15, -0.1) is 0 Å². The molecule has 0 N–H and O–H groups in total. The Balaban J connectivity index is 1.39. The molecule has 0 heterocycles. The smallest absolute Gasteiger partial charge is 0.426 e. The van der Waals surface area contributed by atoms with Crippen LogP contribution in [0, 0.1) is 33.8 Å². The van der Waals surface area contributed by atoms with Crippen molar-refractivity contribution in [1.82, 2.24) is 0 Å². The largest absolute Gasteiger partial charge is 0.514 e. The average molecular weight is 329 g/mol. The summed E-state index contributed by atoms with van der Waals surface area (Å²) < 4.78 is 10.7. The molecule has 126 valence electrons. The maximum absolute atomic E-state index is 12.1.